The van der Waals surface area contributed by atoms with Crippen LogP contribution >= 0.6 is 0 Å². The number of benzene rings is 2. The molecule has 0 atom stereocenters. The minimum Gasteiger partial charge on any atom is -0.486 e. The van der Waals surface area contributed by atoms with Crippen LogP contribution in [0.3, 0.4) is 0 Å². The molecule has 0 aromatic heterocycles. The highest BCUT2D eigenvalue weighted by Crippen LogP contribution is 2.30. The van der Waals surface area contributed by atoms with Gasteiger partial charge in [-0.2, -0.15) is 0 Å². The molecule has 28 heavy (non-hydrogen) atoms. The Balaban J connectivity index is 1.35. The van der Waals surface area contributed by atoms with Crippen LogP contribution in [0, 0.1) is 0 Å². The molecule has 2 heterocycles. The third-order valence-electron chi connectivity index (χ3n) is 4.77. The summed E-state index contributed by atoms with van der Waals surface area (Å²) in [6, 6.07) is 12.5. The van der Waals surface area contributed by atoms with Crippen molar-refractivity contribution in [3.8, 4) is 11.5 Å². The van der Waals surface area contributed by atoms with E-state index in [4.69, 9.17) is 9.47 Å². The molecule has 144 valence electrons. The number of carbonyl (C=O) groups excluding carboxylic acids is 3. The lowest BCUT2D eigenvalue weighted by Crippen LogP contribution is -2.28. The second-order valence-electron chi connectivity index (χ2n) is 6.73. The van der Waals surface area contributed by atoms with Gasteiger partial charge in [-0.25, -0.2) is 0 Å². The summed E-state index contributed by atoms with van der Waals surface area (Å²) < 4.78 is 11.0. The maximum absolute atomic E-state index is 12.4. The van der Waals surface area contributed by atoms with Gasteiger partial charge in [0.25, 0.3) is 5.91 Å². The quantitative estimate of drug-likeness (QED) is 0.803. The summed E-state index contributed by atoms with van der Waals surface area (Å²) in [5.74, 6) is 0.910. The van der Waals surface area contributed by atoms with Crippen molar-refractivity contribution < 1.29 is 23.9 Å². The van der Waals surface area contributed by atoms with Crippen LogP contribution in [0.15, 0.2) is 42.5 Å². The van der Waals surface area contributed by atoms with Crippen LogP contribution < -0.4 is 14.8 Å². The highest BCUT2D eigenvalue weighted by molar-refractivity contribution is 6.01. The molecule has 0 unspecified atom stereocenters. The van der Waals surface area contributed by atoms with E-state index in [9.17, 15) is 14.4 Å². The van der Waals surface area contributed by atoms with E-state index in [-0.39, 0.29) is 37.1 Å². The van der Waals surface area contributed by atoms with Gasteiger partial charge in [-0.1, -0.05) is 18.2 Å². The smallest absolute Gasteiger partial charge is 0.251 e. The first-order chi connectivity index (χ1) is 13.6. The summed E-state index contributed by atoms with van der Waals surface area (Å²) in [5, 5.41) is 2.87. The lowest BCUT2D eigenvalue weighted by molar-refractivity contribution is -0.139. The van der Waals surface area contributed by atoms with Crippen molar-refractivity contribution >= 4 is 17.7 Å². The third kappa shape index (κ3) is 3.83. The van der Waals surface area contributed by atoms with Crippen molar-refractivity contribution in [1.29, 1.82) is 0 Å². The fourth-order valence-electron chi connectivity index (χ4n) is 3.23. The van der Waals surface area contributed by atoms with Crippen LogP contribution in [0.2, 0.25) is 0 Å². The predicted molar refractivity (Wildman–Crippen MR) is 99.8 cm³/mol. The molecule has 1 N–H and O–H groups in total. The number of hydrogen-bond donors (Lipinski definition) is 1. The Morgan fingerprint density at radius 1 is 0.893 bits per heavy atom. The van der Waals surface area contributed by atoms with Gasteiger partial charge < -0.3 is 14.8 Å². The summed E-state index contributed by atoms with van der Waals surface area (Å²) in [4.78, 5) is 37.0. The van der Waals surface area contributed by atoms with Crippen molar-refractivity contribution in [3.63, 3.8) is 0 Å². The van der Waals surface area contributed by atoms with Crippen LogP contribution in [0.4, 0.5) is 0 Å². The summed E-state index contributed by atoms with van der Waals surface area (Å²) >= 11 is 0. The van der Waals surface area contributed by atoms with E-state index in [0.29, 0.717) is 36.8 Å². The SMILES string of the molecule is O=C(NCc1ccc2c(c1)OCCO2)c1ccc(CN2C(=O)CCC2=O)cc1. The zero-order valence-electron chi connectivity index (χ0n) is 15.3. The number of nitrogens with zero attached hydrogens (tertiary/aromatic N) is 1. The molecule has 2 aliphatic rings. The molecule has 1 fully saturated rings. The zero-order valence-corrected chi connectivity index (χ0v) is 15.3. The number of fused-ring (bicyclic) bond motifs is 1. The first kappa shape index (κ1) is 18.0. The number of ether oxygens (including phenoxy) is 2. The molecule has 0 saturated carbocycles. The van der Waals surface area contributed by atoms with Gasteiger partial charge in [0.05, 0.1) is 6.54 Å². The Hall–Kier alpha value is -3.35. The molecule has 0 aliphatic carbocycles. The van der Waals surface area contributed by atoms with E-state index in [1.165, 1.54) is 4.90 Å². The Morgan fingerprint density at radius 3 is 2.25 bits per heavy atom. The van der Waals surface area contributed by atoms with E-state index in [0.717, 1.165) is 11.1 Å². The van der Waals surface area contributed by atoms with Gasteiger partial charge in [-0.05, 0) is 35.4 Å². The predicted octanol–water partition coefficient (Wildman–Crippen LogP) is 2.04. The van der Waals surface area contributed by atoms with Crippen LogP contribution in [0.25, 0.3) is 0 Å². The molecule has 2 aromatic carbocycles. The molecule has 4 rings (SSSR count). The van der Waals surface area contributed by atoms with Crippen molar-refractivity contribution in [2.45, 2.75) is 25.9 Å². The average Bonchev–Trinajstić information content (AvgIpc) is 3.04. The third-order valence-corrected chi connectivity index (χ3v) is 4.77. The number of rotatable bonds is 5. The van der Waals surface area contributed by atoms with Crippen molar-refractivity contribution in [3.05, 3.63) is 59.2 Å². The molecule has 2 aliphatic heterocycles. The summed E-state index contributed by atoms with van der Waals surface area (Å²) in [5.41, 5.74) is 2.24. The normalized spacial score (nSPS) is 15.6. The molecule has 0 spiro atoms. The van der Waals surface area contributed by atoms with Crippen molar-refractivity contribution in [2.24, 2.45) is 0 Å². The van der Waals surface area contributed by atoms with Gasteiger partial charge in [0.15, 0.2) is 11.5 Å². The Kier molecular flexibility index (Phi) is 4.97. The number of carbonyl (C=O) groups is 3. The summed E-state index contributed by atoms with van der Waals surface area (Å²) in [6.45, 7) is 1.67. The Morgan fingerprint density at radius 2 is 1.54 bits per heavy atom. The van der Waals surface area contributed by atoms with Crippen LogP contribution in [0.1, 0.15) is 34.3 Å². The Bertz CT molecular complexity index is 907. The minimum absolute atomic E-state index is 0.147. The highest BCUT2D eigenvalue weighted by Gasteiger charge is 2.28. The molecule has 0 radical (unpaired) electrons. The topological polar surface area (TPSA) is 84.9 Å². The van der Waals surface area contributed by atoms with Crippen LogP contribution in [0.5, 0.6) is 11.5 Å². The first-order valence-corrected chi connectivity index (χ1v) is 9.19. The standard InChI is InChI=1S/C21H20N2O5/c24-19-7-8-20(25)23(19)13-14-1-4-16(5-2-14)21(26)22-12-15-3-6-17-18(11-15)28-10-9-27-17/h1-6,11H,7-10,12-13H2,(H,22,26). The van der Waals surface area contributed by atoms with Crippen molar-refractivity contribution in [1.82, 2.24) is 10.2 Å². The second kappa shape index (κ2) is 7.72. The molecule has 3 amide bonds. The van der Waals surface area contributed by atoms with E-state index < -0.39 is 0 Å². The monoisotopic (exact) mass is 380 g/mol. The van der Waals surface area contributed by atoms with Gasteiger partial charge in [0.1, 0.15) is 13.2 Å². The van der Waals surface area contributed by atoms with E-state index in [1.54, 1.807) is 24.3 Å². The zero-order chi connectivity index (χ0) is 19.5. The second-order valence-corrected chi connectivity index (χ2v) is 6.73. The van der Waals surface area contributed by atoms with E-state index >= 15 is 0 Å². The molecule has 1 saturated heterocycles. The summed E-state index contributed by atoms with van der Waals surface area (Å²) in [7, 11) is 0. The Labute approximate surface area is 162 Å². The van der Waals surface area contributed by atoms with Crippen LogP contribution in [-0.4, -0.2) is 35.8 Å². The molecule has 7 nitrogen and oxygen atoms in total. The molecule has 7 heteroatoms. The fraction of sp³-hybridized carbons (Fsp3) is 0.286. The van der Waals surface area contributed by atoms with Gasteiger partial charge in [0.2, 0.25) is 11.8 Å². The lowest BCUT2D eigenvalue weighted by Gasteiger charge is -2.19. The largest absolute Gasteiger partial charge is 0.486 e. The number of hydrogen-bond acceptors (Lipinski definition) is 5. The van der Waals surface area contributed by atoms with E-state index in [1.807, 2.05) is 18.2 Å². The van der Waals surface area contributed by atoms with Gasteiger partial charge >= 0.3 is 0 Å². The maximum atomic E-state index is 12.4. The van der Waals surface area contributed by atoms with Gasteiger partial charge in [-0.3, -0.25) is 19.3 Å². The molecular weight excluding hydrogens is 360 g/mol. The maximum Gasteiger partial charge on any atom is 0.251 e. The highest BCUT2D eigenvalue weighted by atomic mass is 16.6. The van der Waals surface area contributed by atoms with Gasteiger partial charge in [-0.15, -0.1) is 0 Å². The van der Waals surface area contributed by atoms with E-state index in [2.05, 4.69) is 5.32 Å². The summed E-state index contributed by atoms with van der Waals surface area (Å²) in [6.07, 6.45) is 0.554. The number of likely N-dealkylation sites (tertiary alicyclic amines) is 1. The number of imide groups is 1. The van der Waals surface area contributed by atoms with Gasteiger partial charge in [0, 0.05) is 24.9 Å². The number of amides is 3. The van der Waals surface area contributed by atoms with Crippen molar-refractivity contribution in [2.75, 3.05) is 13.2 Å². The molecule has 2 aromatic rings. The van der Waals surface area contributed by atoms with Crippen LogP contribution in [-0.2, 0) is 22.7 Å². The minimum atomic E-state index is -0.199. The lowest BCUT2D eigenvalue weighted by atomic mass is 10.1. The molecular formula is C21H20N2O5. The fourth-order valence-corrected chi connectivity index (χ4v) is 3.23. The first-order valence-electron chi connectivity index (χ1n) is 9.19. The average molecular weight is 380 g/mol. The number of nitrogens with one attached hydrogen (secondary N) is 1. The molecule has 0 bridgehead atoms.